The molecule has 3 heteroatoms. The van der Waals surface area contributed by atoms with Crippen molar-refractivity contribution in [1.82, 2.24) is 0 Å². The quantitative estimate of drug-likeness (QED) is 0.215. The summed E-state index contributed by atoms with van der Waals surface area (Å²) in [6.45, 7) is 8.55. The van der Waals surface area contributed by atoms with Crippen LogP contribution in [0.3, 0.4) is 0 Å². The van der Waals surface area contributed by atoms with Crippen molar-refractivity contribution in [3.05, 3.63) is 59.2 Å². The van der Waals surface area contributed by atoms with Gasteiger partial charge >= 0.3 is 5.97 Å². The number of carbonyl (C=O) groups excluding carboxylic acids is 1. The highest BCUT2D eigenvalue weighted by Gasteiger charge is 2.13. The Balaban J connectivity index is 1.94. The van der Waals surface area contributed by atoms with Crippen LogP contribution in [0, 0.1) is 17.2 Å². The van der Waals surface area contributed by atoms with Crippen molar-refractivity contribution < 1.29 is 9.53 Å². The van der Waals surface area contributed by atoms with Gasteiger partial charge in [0.1, 0.15) is 6.10 Å². The van der Waals surface area contributed by atoms with E-state index in [4.69, 9.17) is 4.74 Å². The van der Waals surface area contributed by atoms with Crippen molar-refractivity contribution in [2.24, 2.45) is 5.92 Å². The SMILES string of the molecule is CCCCCCCc1ccc(-c2ccc(C(C)OC(=O)CCCC(C)CC)cc2)cc1C#N. The molecule has 33 heavy (non-hydrogen) atoms. The maximum absolute atomic E-state index is 12.2. The van der Waals surface area contributed by atoms with Crippen molar-refractivity contribution in [3.63, 3.8) is 0 Å². The van der Waals surface area contributed by atoms with E-state index in [-0.39, 0.29) is 12.1 Å². The molecule has 0 fully saturated rings. The molecule has 0 aliphatic rings. The van der Waals surface area contributed by atoms with Gasteiger partial charge in [-0.05, 0) is 60.4 Å². The molecule has 0 saturated heterocycles. The van der Waals surface area contributed by atoms with Crippen LogP contribution in [0.5, 0.6) is 0 Å². The Morgan fingerprint density at radius 2 is 1.64 bits per heavy atom. The summed E-state index contributed by atoms with van der Waals surface area (Å²) in [5.41, 5.74) is 5.01. The third kappa shape index (κ3) is 9.04. The topological polar surface area (TPSA) is 50.1 Å². The normalized spacial score (nSPS) is 12.7. The molecule has 2 unspecified atom stereocenters. The second kappa shape index (κ2) is 14.5. The Morgan fingerprint density at radius 1 is 0.939 bits per heavy atom. The molecule has 0 aromatic heterocycles. The third-order valence-electron chi connectivity index (χ3n) is 6.58. The van der Waals surface area contributed by atoms with E-state index in [1.54, 1.807) is 0 Å². The second-order valence-electron chi connectivity index (χ2n) is 9.31. The Bertz CT molecular complexity index is 895. The van der Waals surface area contributed by atoms with Crippen LogP contribution in [0.1, 0.15) is 108 Å². The van der Waals surface area contributed by atoms with E-state index in [1.165, 1.54) is 25.7 Å². The summed E-state index contributed by atoms with van der Waals surface area (Å²) >= 11 is 0. The van der Waals surface area contributed by atoms with E-state index in [0.717, 1.165) is 59.9 Å². The smallest absolute Gasteiger partial charge is 0.306 e. The van der Waals surface area contributed by atoms with Crippen LogP contribution in [-0.4, -0.2) is 5.97 Å². The highest BCUT2D eigenvalue weighted by molar-refractivity contribution is 5.70. The van der Waals surface area contributed by atoms with Gasteiger partial charge < -0.3 is 4.74 Å². The van der Waals surface area contributed by atoms with E-state index in [1.807, 2.05) is 37.3 Å². The number of esters is 1. The van der Waals surface area contributed by atoms with E-state index in [9.17, 15) is 10.1 Å². The summed E-state index contributed by atoms with van der Waals surface area (Å²) < 4.78 is 5.63. The molecule has 178 valence electrons. The first-order chi connectivity index (χ1) is 16.0. The van der Waals surface area contributed by atoms with E-state index >= 15 is 0 Å². The van der Waals surface area contributed by atoms with Crippen molar-refractivity contribution in [2.45, 2.75) is 98.0 Å². The number of aryl methyl sites for hydroxylation is 1. The molecule has 0 radical (unpaired) electrons. The van der Waals surface area contributed by atoms with Crippen LogP contribution in [-0.2, 0) is 16.0 Å². The molecule has 2 rings (SSSR count). The number of nitriles is 1. The van der Waals surface area contributed by atoms with Crippen molar-refractivity contribution in [2.75, 3.05) is 0 Å². The number of nitrogens with zero attached hydrogens (tertiary/aromatic N) is 1. The predicted octanol–water partition coefficient (Wildman–Crippen LogP) is 8.56. The first-order valence-electron chi connectivity index (χ1n) is 12.8. The fourth-order valence-corrected chi connectivity index (χ4v) is 4.07. The molecule has 2 atom stereocenters. The molecule has 0 aliphatic heterocycles. The molecule has 2 aromatic carbocycles. The molecule has 0 saturated carbocycles. The Hall–Kier alpha value is -2.60. The first-order valence-corrected chi connectivity index (χ1v) is 12.8. The average Bonchev–Trinajstić information content (AvgIpc) is 2.83. The van der Waals surface area contributed by atoms with E-state index in [2.05, 4.69) is 39.0 Å². The molecule has 0 bridgehead atoms. The summed E-state index contributed by atoms with van der Waals surface area (Å²) in [7, 11) is 0. The van der Waals surface area contributed by atoms with Crippen molar-refractivity contribution >= 4 is 5.97 Å². The summed E-state index contributed by atoms with van der Waals surface area (Å²) in [5.74, 6) is 0.531. The average molecular weight is 448 g/mol. The molecule has 0 amide bonds. The van der Waals surface area contributed by atoms with Gasteiger partial charge in [-0.3, -0.25) is 4.79 Å². The molecular weight excluding hydrogens is 406 g/mol. The third-order valence-corrected chi connectivity index (χ3v) is 6.58. The van der Waals surface area contributed by atoms with Gasteiger partial charge in [-0.2, -0.15) is 5.26 Å². The molecular formula is C30H41NO2. The highest BCUT2D eigenvalue weighted by Crippen LogP contribution is 2.26. The fourth-order valence-electron chi connectivity index (χ4n) is 4.07. The minimum atomic E-state index is -0.264. The predicted molar refractivity (Wildman–Crippen MR) is 137 cm³/mol. The number of hydrogen-bond donors (Lipinski definition) is 0. The van der Waals surface area contributed by atoms with Crippen molar-refractivity contribution in [3.8, 4) is 17.2 Å². The van der Waals surface area contributed by atoms with Crippen molar-refractivity contribution in [1.29, 1.82) is 5.26 Å². The van der Waals surface area contributed by atoms with Crippen LogP contribution < -0.4 is 0 Å². The highest BCUT2D eigenvalue weighted by atomic mass is 16.5. The van der Waals surface area contributed by atoms with E-state index in [0.29, 0.717) is 12.3 Å². The van der Waals surface area contributed by atoms with Gasteiger partial charge in [0.2, 0.25) is 0 Å². The van der Waals surface area contributed by atoms with Gasteiger partial charge in [-0.1, -0.05) is 95.7 Å². The molecule has 0 aliphatic carbocycles. The zero-order chi connectivity index (χ0) is 24.1. The zero-order valence-corrected chi connectivity index (χ0v) is 21.0. The standard InChI is InChI=1S/C30H41NO2/c1-5-7-8-9-10-13-26-19-20-28(21-29(26)22-31)27-17-15-25(16-18-27)24(4)33-30(32)14-11-12-23(3)6-2/h15-21,23-24H,5-14H2,1-4H3. The fraction of sp³-hybridized carbons (Fsp3) is 0.533. The lowest BCUT2D eigenvalue weighted by molar-refractivity contribution is -0.148. The van der Waals surface area contributed by atoms with Crippen LogP contribution in [0.25, 0.3) is 11.1 Å². The number of rotatable bonds is 14. The number of benzene rings is 2. The molecule has 2 aromatic rings. The number of carbonyl (C=O) groups is 1. The maximum atomic E-state index is 12.2. The lowest BCUT2D eigenvalue weighted by Crippen LogP contribution is -2.09. The zero-order valence-electron chi connectivity index (χ0n) is 21.0. The monoisotopic (exact) mass is 447 g/mol. The summed E-state index contributed by atoms with van der Waals surface area (Å²) in [6.07, 6.45) is 10.4. The lowest BCUT2D eigenvalue weighted by Gasteiger charge is -2.15. The minimum absolute atomic E-state index is 0.126. The second-order valence-corrected chi connectivity index (χ2v) is 9.31. The maximum Gasteiger partial charge on any atom is 0.306 e. The number of hydrogen-bond acceptors (Lipinski definition) is 3. The summed E-state index contributed by atoms with van der Waals surface area (Å²) in [6, 6.07) is 16.7. The van der Waals surface area contributed by atoms with E-state index < -0.39 is 0 Å². The van der Waals surface area contributed by atoms with Crippen LogP contribution in [0.2, 0.25) is 0 Å². The van der Waals surface area contributed by atoms with Crippen LogP contribution in [0.4, 0.5) is 0 Å². The number of unbranched alkanes of at least 4 members (excludes halogenated alkanes) is 4. The lowest BCUT2D eigenvalue weighted by atomic mass is 9.95. The summed E-state index contributed by atoms with van der Waals surface area (Å²) in [5, 5.41) is 9.64. The summed E-state index contributed by atoms with van der Waals surface area (Å²) in [4.78, 5) is 12.2. The van der Waals surface area contributed by atoms with Gasteiger partial charge in [-0.15, -0.1) is 0 Å². The molecule has 0 spiro atoms. The van der Waals surface area contributed by atoms with Crippen LogP contribution in [0.15, 0.2) is 42.5 Å². The van der Waals surface area contributed by atoms with Gasteiger partial charge in [0.15, 0.2) is 0 Å². The van der Waals surface area contributed by atoms with Gasteiger partial charge in [0.05, 0.1) is 11.6 Å². The van der Waals surface area contributed by atoms with Gasteiger partial charge in [-0.25, -0.2) is 0 Å². The Kier molecular flexibility index (Phi) is 11.7. The molecule has 0 N–H and O–H groups in total. The van der Waals surface area contributed by atoms with Crippen LogP contribution >= 0.6 is 0 Å². The molecule has 0 heterocycles. The number of ether oxygens (including phenoxy) is 1. The Labute approximate surface area is 201 Å². The molecule has 3 nitrogen and oxygen atoms in total. The van der Waals surface area contributed by atoms with Gasteiger partial charge in [0, 0.05) is 6.42 Å². The largest absolute Gasteiger partial charge is 0.458 e. The first kappa shape index (κ1) is 26.7. The van der Waals surface area contributed by atoms with Gasteiger partial charge in [0.25, 0.3) is 0 Å². The Morgan fingerprint density at radius 3 is 2.30 bits per heavy atom. The minimum Gasteiger partial charge on any atom is -0.458 e.